The number of nitrogens with zero attached hydrogens (tertiary/aromatic N) is 1. The second-order valence-electron chi connectivity index (χ2n) is 2.95. The summed E-state index contributed by atoms with van der Waals surface area (Å²) in [6.45, 7) is 0. The number of hydrogen-bond acceptors (Lipinski definition) is 5. The minimum atomic E-state index is -1.92. The Kier molecular flexibility index (Phi) is 3.95. The Labute approximate surface area is 91.6 Å². The second-order valence-corrected chi connectivity index (χ2v) is 2.95. The monoisotopic (exact) mass is 224 g/mol. The zero-order valence-electron chi connectivity index (χ0n) is 8.33. The van der Waals surface area contributed by atoms with E-state index >= 15 is 0 Å². The van der Waals surface area contributed by atoms with E-state index in [2.05, 4.69) is 0 Å². The molecule has 1 aromatic rings. The van der Waals surface area contributed by atoms with Crippen molar-refractivity contribution in [3.8, 4) is 0 Å². The zero-order valence-corrected chi connectivity index (χ0v) is 8.33. The van der Waals surface area contributed by atoms with E-state index in [0.29, 0.717) is 10.7 Å². The van der Waals surface area contributed by atoms with Crippen molar-refractivity contribution in [2.75, 3.05) is 5.01 Å². The Hall–Kier alpha value is -1.96. The topological polar surface area (TPSA) is 122 Å². The van der Waals surface area contributed by atoms with E-state index in [9.17, 15) is 14.7 Å². The van der Waals surface area contributed by atoms with E-state index in [4.69, 9.17) is 11.7 Å². The lowest BCUT2D eigenvalue weighted by molar-refractivity contribution is -0.139. The molecule has 16 heavy (non-hydrogen) atoms. The molecule has 0 heterocycles. The second kappa shape index (κ2) is 5.21. The van der Waals surface area contributed by atoms with Gasteiger partial charge in [0.2, 0.25) is 6.10 Å². The van der Waals surface area contributed by atoms with Crippen molar-refractivity contribution in [2.45, 2.75) is 6.10 Å². The van der Waals surface area contributed by atoms with Gasteiger partial charge in [0.05, 0.1) is 5.69 Å². The number of carbonyl (C=O) groups excluding carboxylic acids is 2. The molecule has 1 atom stereocenters. The summed E-state index contributed by atoms with van der Waals surface area (Å²) >= 11 is 0. The molecule has 0 aliphatic heterocycles. The molecule has 86 valence electrons. The Balaban J connectivity index is 2.79. The van der Waals surface area contributed by atoms with Crippen LogP contribution in [0.15, 0.2) is 30.3 Å². The third-order valence-electron chi connectivity index (χ3n) is 1.90. The normalized spacial score (nSPS) is 11.7. The quantitative estimate of drug-likeness (QED) is 0.210. The van der Waals surface area contributed by atoms with Gasteiger partial charge < -0.3 is 5.11 Å². The maximum Gasteiger partial charge on any atom is 0.279 e. The Morgan fingerprint density at radius 3 is 2.38 bits per heavy atom. The van der Waals surface area contributed by atoms with Crippen molar-refractivity contribution in [1.82, 2.24) is 5.43 Å². The summed E-state index contributed by atoms with van der Waals surface area (Å²) in [7, 11) is 0. The molecule has 6 N–H and O–H groups in total. The van der Waals surface area contributed by atoms with Crippen LogP contribution in [-0.2, 0) is 9.59 Å². The van der Waals surface area contributed by atoms with E-state index < -0.39 is 17.9 Å². The number of aliphatic hydroxyl groups excluding tert-OH is 1. The smallest absolute Gasteiger partial charge is 0.279 e. The number of rotatable bonds is 3. The molecule has 1 rings (SSSR count). The van der Waals surface area contributed by atoms with Gasteiger partial charge >= 0.3 is 0 Å². The number of nitrogens with one attached hydrogen (secondary N) is 1. The van der Waals surface area contributed by atoms with Gasteiger partial charge in [-0.3, -0.25) is 15.0 Å². The highest BCUT2D eigenvalue weighted by Gasteiger charge is 2.27. The van der Waals surface area contributed by atoms with Crippen LogP contribution in [0.1, 0.15) is 0 Å². The van der Waals surface area contributed by atoms with Crippen LogP contribution in [0.25, 0.3) is 0 Å². The fourth-order valence-corrected chi connectivity index (χ4v) is 1.04. The first-order chi connectivity index (χ1) is 7.57. The largest absolute Gasteiger partial charge is 0.374 e. The molecule has 0 radical (unpaired) electrons. The summed E-state index contributed by atoms with van der Waals surface area (Å²) in [5.74, 6) is 8.23. The minimum absolute atomic E-state index is 0.358. The van der Waals surface area contributed by atoms with E-state index in [-0.39, 0.29) is 0 Å². The highest BCUT2D eigenvalue weighted by molar-refractivity contribution is 6.09. The molecule has 0 bridgehead atoms. The first kappa shape index (κ1) is 12.1. The number of hydrazine groups is 2. The first-order valence-corrected chi connectivity index (χ1v) is 4.40. The molecular formula is C9H12N4O3. The number of anilines is 1. The van der Waals surface area contributed by atoms with Crippen LogP contribution in [0.2, 0.25) is 0 Å². The number of carbonyl (C=O) groups is 2. The van der Waals surface area contributed by atoms with Crippen LogP contribution in [0.3, 0.4) is 0 Å². The molecule has 0 aliphatic rings. The SMILES string of the molecule is NNC(=O)C(O)C(=O)N(N)c1ccccc1. The van der Waals surface area contributed by atoms with E-state index in [1.54, 1.807) is 35.8 Å². The number of nitrogens with two attached hydrogens (primary N) is 2. The molecule has 0 fully saturated rings. The Morgan fingerprint density at radius 1 is 1.31 bits per heavy atom. The molecule has 2 amide bonds. The average molecular weight is 224 g/mol. The van der Waals surface area contributed by atoms with Gasteiger partial charge in [0, 0.05) is 0 Å². The number of hydrogen-bond donors (Lipinski definition) is 4. The lowest BCUT2D eigenvalue weighted by Crippen LogP contribution is -2.51. The van der Waals surface area contributed by atoms with Crippen molar-refractivity contribution in [1.29, 1.82) is 0 Å². The van der Waals surface area contributed by atoms with Crippen molar-refractivity contribution in [3.05, 3.63) is 30.3 Å². The van der Waals surface area contributed by atoms with E-state index in [1.165, 1.54) is 0 Å². The third kappa shape index (κ3) is 2.54. The van der Waals surface area contributed by atoms with Gasteiger partial charge in [-0.25, -0.2) is 16.7 Å². The van der Waals surface area contributed by atoms with Crippen molar-refractivity contribution < 1.29 is 14.7 Å². The predicted octanol–water partition coefficient (Wildman–Crippen LogP) is -1.76. The van der Waals surface area contributed by atoms with Crippen LogP contribution >= 0.6 is 0 Å². The summed E-state index contributed by atoms with van der Waals surface area (Å²) in [6, 6.07) is 8.19. The molecule has 7 heteroatoms. The van der Waals surface area contributed by atoms with Crippen LogP contribution < -0.4 is 22.1 Å². The summed E-state index contributed by atoms with van der Waals surface area (Å²) < 4.78 is 0. The van der Waals surface area contributed by atoms with Gasteiger partial charge in [-0.15, -0.1) is 0 Å². The summed E-state index contributed by atoms with van der Waals surface area (Å²) in [5, 5.41) is 9.94. The van der Waals surface area contributed by atoms with Crippen molar-refractivity contribution in [2.24, 2.45) is 11.7 Å². The van der Waals surface area contributed by atoms with Crippen LogP contribution in [0, 0.1) is 0 Å². The molecule has 1 aromatic carbocycles. The summed E-state index contributed by atoms with van der Waals surface area (Å²) in [5.41, 5.74) is 2.02. The van der Waals surface area contributed by atoms with Gasteiger partial charge in [0.25, 0.3) is 11.8 Å². The summed E-state index contributed by atoms with van der Waals surface area (Å²) in [6.07, 6.45) is -1.92. The molecule has 0 aromatic heterocycles. The Bertz CT molecular complexity index is 382. The molecule has 0 saturated carbocycles. The van der Waals surface area contributed by atoms with Gasteiger partial charge in [-0.05, 0) is 12.1 Å². The fourth-order valence-electron chi connectivity index (χ4n) is 1.04. The maximum absolute atomic E-state index is 11.5. The minimum Gasteiger partial charge on any atom is -0.374 e. The number of amides is 2. The van der Waals surface area contributed by atoms with E-state index in [1.807, 2.05) is 0 Å². The number of benzene rings is 1. The van der Waals surface area contributed by atoms with Crippen molar-refractivity contribution in [3.63, 3.8) is 0 Å². The third-order valence-corrected chi connectivity index (χ3v) is 1.90. The van der Waals surface area contributed by atoms with E-state index in [0.717, 1.165) is 0 Å². The Morgan fingerprint density at radius 2 is 1.88 bits per heavy atom. The van der Waals surface area contributed by atoms with Crippen LogP contribution in [0.5, 0.6) is 0 Å². The van der Waals surface area contributed by atoms with Gasteiger partial charge in [-0.2, -0.15) is 0 Å². The van der Waals surface area contributed by atoms with Crippen molar-refractivity contribution >= 4 is 17.5 Å². The molecule has 1 unspecified atom stereocenters. The molecule has 0 saturated heterocycles. The number of para-hydroxylation sites is 1. The lowest BCUT2D eigenvalue weighted by atomic mass is 10.2. The summed E-state index contributed by atoms with van der Waals surface area (Å²) in [4.78, 5) is 22.4. The van der Waals surface area contributed by atoms with Gasteiger partial charge in [0.1, 0.15) is 0 Å². The predicted molar refractivity (Wildman–Crippen MR) is 56.5 cm³/mol. The first-order valence-electron chi connectivity index (χ1n) is 4.40. The average Bonchev–Trinajstić information content (AvgIpc) is 2.36. The maximum atomic E-state index is 11.5. The highest BCUT2D eigenvalue weighted by atomic mass is 16.3. The molecule has 0 spiro atoms. The highest BCUT2D eigenvalue weighted by Crippen LogP contribution is 2.10. The van der Waals surface area contributed by atoms with Gasteiger partial charge in [-0.1, -0.05) is 18.2 Å². The van der Waals surface area contributed by atoms with Crippen LogP contribution in [0.4, 0.5) is 5.69 Å². The molecule has 7 nitrogen and oxygen atoms in total. The zero-order chi connectivity index (χ0) is 12.1. The lowest BCUT2D eigenvalue weighted by Gasteiger charge is -2.18. The molecule has 0 aliphatic carbocycles. The molecular weight excluding hydrogens is 212 g/mol. The fraction of sp³-hybridized carbons (Fsp3) is 0.111. The number of aliphatic hydroxyl groups is 1. The van der Waals surface area contributed by atoms with Gasteiger partial charge in [0.15, 0.2) is 0 Å². The standard InChI is InChI=1S/C9H12N4O3/c10-12-8(15)7(14)9(16)13(11)6-4-2-1-3-5-6/h1-5,7,14H,10-11H2,(H,12,15). The van der Waals surface area contributed by atoms with Crippen LogP contribution in [-0.4, -0.2) is 23.0 Å².